The van der Waals surface area contributed by atoms with Crippen LogP contribution in [0.1, 0.15) is 27.7 Å². The standard InChI is InChI=1S/C11H17BrClN3/c1-7(11(2,3)4)5-14-10-8(12)9(13)15-6-16-10/h6-7H,5H2,1-4H3,(H,14,15,16). The first-order chi connectivity index (χ1) is 7.32. The van der Waals surface area contributed by atoms with Crippen molar-refractivity contribution in [3.05, 3.63) is 16.0 Å². The number of aromatic nitrogens is 2. The van der Waals surface area contributed by atoms with Gasteiger partial charge in [0.25, 0.3) is 0 Å². The van der Waals surface area contributed by atoms with Crippen LogP contribution >= 0.6 is 27.5 Å². The van der Waals surface area contributed by atoms with Gasteiger partial charge in [0, 0.05) is 6.54 Å². The minimum absolute atomic E-state index is 0.274. The van der Waals surface area contributed by atoms with Gasteiger partial charge in [-0.25, -0.2) is 9.97 Å². The summed E-state index contributed by atoms with van der Waals surface area (Å²) in [7, 11) is 0. The third-order valence-electron chi connectivity index (χ3n) is 2.80. The van der Waals surface area contributed by atoms with E-state index in [-0.39, 0.29) is 5.41 Å². The van der Waals surface area contributed by atoms with Crippen molar-refractivity contribution < 1.29 is 0 Å². The summed E-state index contributed by atoms with van der Waals surface area (Å²) < 4.78 is 0.720. The van der Waals surface area contributed by atoms with E-state index >= 15 is 0 Å². The van der Waals surface area contributed by atoms with E-state index in [9.17, 15) is 0 Å². The van der Waals surface area contributed by atoms with E-state index in [1.807, 2.05) is 0 Å². The van der Waals surface area contributed by atoms with Crippen LogP contribution < -0.4 is 5.32 Å². The molecule has 1 heterocycles. The molecule has 0 aliphatic heterocycles. The highest BCUT2D eigenvalue weighted by atomic mass is 79.9. The molecular formula is C11H17BrClN3. The van der Waals surface area contributed by atoms with Crippen molar-refractivity contribution in [2.75, 3.05) is 11.9 Å². The lowest BCUT2D eigenvalue weighted by Gasteiger charge is -2.27. The molecule has 1 aromatic heterocycles. The molecule has 0 aliphatic rings. The molecule has 1 rings (SSSR count). The molecule has 0 aliphatic carbocycles. The van der Waals surface area contributed by atoms with Crippen LogP contribution in [0.5, 0.6) is 0 Å². The SMILES string of the molecule is CC(CNc1ncnc(Cl)c1Br)C(C)(C)C. The summed E-state index contributed by atoms with van der Waals surface area (Å²) in [5, 5.41) is 3.71. The summed E-state index contributed by atoms with van der Waals surface area (Å²) >= 11 is 9.24. The van der Waals surface area contributed by atoms with E-state index in [2.05, 4.69) is 58.9 Å². The molecule has 0 saturated heterocycles. The highest BCUT2D eigenvalue weighted by molar-refractivity contribution is 9.10. The van der Waals surface area contributed by atoms with E-state index in [1.165, 1.54) is 6.33 Å². The largest absolute Gasteiger partial charge is 0.369 e. The number of halogens is 2. The van der Waals surface area contributed by atoms with Gasteiger partial charge in [0.15, 0.2) is 0 Å². The third-order valence-corrected chi connectivity index (χ3v) is 4.07. The summed E-state index contributed by atoms with van der Waals surface area (Å²) in [6.07, 6.45) is 1.46. The van der Waals surface area contributed by atoms with Crippen LogP contribution in [-0.2, 0) is 0 Å². The molecule has 1 atom stereocenters. The summed E-state index contributed by atoms with van der Waals surface area (Å²) in [5.74, 6) is 1.28. The Morgan fingerprint density at radius 1 is 1.44 bits per heavy atom. The first-order valence-electron chi connectivity index (χ1n) is 5.22. The number of anilines is 1. The average molecular weight is 307 g/mol. The quantitative estimate of drug-likeness (QED) is 0.858. The first kappa shape index (κ1) is 13.7. The topological polar surface area (TPSA) is 37.8 Å². The van der Waals surface area contributed by atoms with Gasteiger partial charge in [0.05, 0.1) is 4.47 Å². The Morgan fingerprint density at radius 3 is 2.62 bits per heavy atom. The first-order valence-corrected chi connectivity index (χ1v) is 6.39. The fraction of sp³-hybridized carbons (Fsp3) is 0.636. The van der Waals surface area contributed by atoms with Crippen LogP contribution in [0, 0.1) is 11.3 Å². The Bertz CT molecular complexity index is 363. The van der Waals surface area contributed by atoms with E-state index < -0.39 is 0 Å². The van der Waals surface area contributed by atoms with Crippen LogP contribution in [0.4, 0.5) is 5.82 Å². The van der Waals surface area contributed by atoms with Crippen molar-refractivity contribution in [3.63, 3.8) is 0 Å². The second-order valence-corrected chi connectivity index (χ2v) is 6.13. The summed E-state index contributed by atoms with van der Waals surface area (Å²) in [5.41, 5.74) is 0.274. The minimum Gasteiger partial charge on any atom is -0.369 e. The lowest BCUT2D eigenvalue weighted by molar-refractivity contribution is 0.274. The number of hydrogen-bond acceptors (Lipinski definition) is 3. The summed E-state index contributed by atoms with van der Waals surface area (Å²) in [6.45, 7) is 9.74. The number of rotatable bonds is 3. The van der Waals surface area contributed by atoms with Crippen LogP contribution in [0.25, 0.3) is 0 Å². The van der Waals surface area contributed by atoms with Gasteiger partial charge in [0.2, 0.25) is 0 Å². The fourth-order valence-electron chi connectivity index (χ4n) is 1.03. The van der Waals surface area contributed by atoms with Crippen LogP contribution in [0.15, 0.2) is 10.8 Å². The highest BCUT2D eigenvalue weighted by Crippen LogP contribution is 2.28. The average Bonchev–Trinajstić information content (AvgIpc) is 2.18. The van der Waals surface area contributed by atoms with Crippen molar-refractivity contribution in [1.29, 1.82) is 0 Å². The lowest BCUT2D eigenvalue weighted by Crippen LogP contribution is -2.25. The van der Waals surface area contributed by atoms with Crippen LogP contribution in [0.3, 0.4) is 0 Å². The molecule has 0 aromatic carbocycles. The maximum atomic E-state index is 5.88. The molecule has 0 amide bonds. The van der Waals surface area contributed by atoms with Crippen LogP contribution in [-0.4, -0.2) is 16.5 Å². The van der Waals surface area contributed by atoms with E-state index in [0.29, 0.717) is 11.1 Å². The van der Waals surface area contributed by atoms with Crippen molar-refractivity contribution in [2.24, 2.45) is 11.3 Å². The molecule has 0 saturated carbocycles. The van der Waals surface area contributed by atoms with Crippen molar-refractivity contribution >= 4 is 33.3 Å². The zero-order valence-corrected chi connectivity index (χ0v) is 12.4. The normalized spacial score (nSPS) is 13.6. The van der Waals surface area contributed by atoms with Crippen LogP contribution in [0.2, 0.25) is 5.15 Å². The van der Waals surface area contributed by atoms with Gasteiger partial charge in [-0.15, -0.1) is 0 Å². The Morgan fingerprint density at radius 2 is 2.06 bits per heavy atom. The predicted octanol–water partition coefficient (Wildman–Crippen LogP) is 3.99. The Hall–Kier alpha value is -0.350. The minimum atomic E-state index is 0.274. The monoisotopic (exact) mass is 305 g/mol. The van der Waals surface area contributed by atoms with Gasteiger partial charge >= 0.3 is 0 Å². The molecule has 16 heavy (non-hydrogen) atoms. The van der Waals surface area contributed by atoms with Gasteiger partial charge in [0.1, 0.15) is 17.3 Å². The number of nitrogens with zero attached hydrogens (tertiary/aromatic N) is 2. The Labute approximate surface area is 110 Å². The van der Waals surface area contributed by atoms with E-state index in [0.717, 1.165) is 16.8 Å². The smallest absolute Gasteiger partial charge is 0.148 e. The number of nitrogens with one attached hydrogen (secondary N) is 1. The van der Waals surface area contributed by atoms with Gasteiger partial charge < -0.3 is 5.32 Å². The lowest BCUT2D eigenvalue weighted by atomic mass is 9.82. The second kappa shape index (κ2) is 5.32. The molecule has 1 N–H and O–H groups in total. The van der Waals surface area contributed by atoms with Crippen molar-refractivity contribution in [3.8, 4) is 0 Å². The fourth-order valence-corrected chi connectivity index (χ4v) is 1.51. The molecule has 3 nitrogen and oxygen atoms in total. The predicted molar refractivity (Wildman–Crippen MR) is 71.9 cm³/mol. The third kappa shape index (κ3) is 3.59. The summed E-state index contributed by atoms with van der Waals surface area (Å²) in [6, 6.07) is 0. The molecule has 1 unspecified atom stereocenters. The molecule has 5 heteroatoms. The number of hydrogen-bond donors (Lipinski definition) is 1. The Kier molecular flexibility index (Phi) is 4.56. The Balaban J connectivity index is 2.65. The van der Waals surface area contributed by atoms with E-state index in [4.69, 9.17) is 11.6 Å². The summed E-state index contributed by atoms with van der Waals surface area (Å²) in [4.78, 5) is 8.02. The second-order valence-electron chi connectivity index (χ2n) is 4.98. The van der Waals surface area contributed by atoms with Gasteiger partial charge in [-0.1, -0.05) is 39.3 Å². The molecule has 1 aromatic rings. The van der Waals surface area contributed by atoms with Crippen molar-refractivity contribution in [1.82, 2.24) is 9.97 Å². The highest BCUT2D eigenvalue weighted by Gasteiger charge is 2.20. The molecule has 90 valence electrons. The maximum absolute atomic E-state index is 5.88. The molecule has 0 spiro atoms. The molecule has 0 fully saturated rings. The molecule has 0 bridgehead atoms. The van der Waals surface area contributed by atoms with E-state index in [1.54, 1.807) is 0 Å². The maximum Gasteiger partial charge on any atom is 0.148 e. The molecule has 0 radical (unpaired) electrons. The van der Waals surface area contributed by atoms with Gasteiger partial charge in [-0.3, -0.25) is 0 Å². The molecular weight excluding hydrogens is 289 g/mol. The van der Waals surface area contributed by atoms with Crippen molar-refractivity contribution in [2.45, 2.75) is 27.7 Å². The van der Waals surface area contributed by atoms with Gasteiger partial charge in [-0.05, 0) is 27.3 Å². The van der Waals surface area contributed by atoms with Gasteiger partial charge in [-0.2, -0.15) is 0 Å². The zero-order valence-electron chi connectivity index (χ0n) is 10.0. The zero-order chi connectivity index (χ0) is 12.3.